The molecule has 130 valence electrons. The van der Waals surface area contributed by atoms with Crippen molar-refractivity contribution in [3.05, 3.63) is 58.1 Å². The predicted molar refractivity (Wildman–Crippen MR) is 83.6 cm³/mol. The third-order valence-corrected chi connectivity index (χ3v) is 4.63. The molecule has 4 nitrogen and oxygen atoms in total. The third kappa shape index (κ3) is 5.27. The van der Waals surface area contributed by atoms with Crippen molar-refractivity contribution in [1.82, 2.24) is 4.72 Å². The maximum atomic E-state index is 12.4. The van der Waals surface area contributed by atoms with Crippen LogP contribution in [0.4, 0.5) is 13.2 Å². The maximum Gasteiger partial charge on any atom is 0.573 e. The first-order chi connectivity index (χ1) is 11.1. The van der Waals surface area contributed by atoms with Gasteiger partial charge < -0.3 is 4.74 Å². The zero-order chi connectivity index (χ0) is 18.0. The molecule has 0 saturated heterocycles. The second-order valence-electron chi connectivity index (χ2n) is 4.60. The van der Waals surface area contributed by atoms with E-state index < -0.39 is 27.0 Å². The van der Waals surface area contributed by atoms with Crippen LogP contribution in [0.3, 0.4) is 0 Å². The highest BCUT2D eigenvalue weighted by Crippen LogP contribution is 2.29. The van der Waals surface area contributed by atoms with Crippen LogP contribution in [0, 0.1) is 0 Å². The smallest absolute Gasteiger partial charge is 0.404 e. The predicted octanol–water partition coefficient (Wildman–Crippen LogP) is 4.37. The minimum absolute atomic E-state index is 0.205. The highest BCUT2D eigenvalue weighted by molar-refractivity contribution is 7.89. The van der Waals surface area contributed by atoms with E-state index >= 15 is 0 Å². The van der Waals surface area contributed by atoms with Crippen LogP contribution in [0.15, 0.2) is 47.4 Å². The van der Waals surface area contributed by atoms with E-state index in [9.17, 15) is 21.6 Å². The van der Waals surface area contributed by atoms with Crippen molar-refractivity contribution in [2.75, 3.05) is 0 Å². The number of alkyl halides is 3. The summed E-state index contributed by atoms with van der Waals surface area (Å²) in [7, 11) is -4.25. The summed E-state index contributed by atoms with van der Waals surface area (Å²) in [6.45, 7) is -0.205. The Labute approximate surface area is 146 Å². The molecule has 0 aliphatic rings. The van der Waals surface area contributed by atoms with E-state index in [1.165, 1.54) is 30.3 Å². The first-order valence-electron chi connectivity index (χ1n) is 6.36. The second kappa shape index (κ2) is 7.18. The first kappa shape index (κ1) is 18.9. The molecule has 0 radical (unpaired) electrons. The number of para-hydroxylation sites is 1. The molecule has 0 aromatic heterocycles. The van der Waals surface area contributed by atoms with Gasteiger partial charge in [-0.05, 0) is 35.9 Å². The number of rotatable bonds is 5. The van der Waals surface area contributed by atoms with Gasteiger partial charge in [0.2, 0.25) is 10.0 Å². The Morgan fingerprint density at radius 1 is 1.04 bits per heavy atom. The minimum Gasteiger partial charge on any atom is -0.404 e. The SMILES string of the molecule is O=S(=O)(NCc1cc(Cl)cc(Cl)c1)c1ccccc1OC(F)(F)F. The largest absolute Gasteiger partial charge is 0.573 e. The highest BCUT2D eigenvalue weighted by atomic mass is 35.5. The maximum absolute atomic E-state index is 12.4. The Kier molecular flexibility index (Phi) is 5.64. The third-order valence-electron chi connectivity index (χ3n) is 2.75. The molecule has 0 atom stereocenters. The van der Waals surface area contributed by atoms with Gasteiger partial charge in [0.25, 0.3) is 0 Å². The number of sulfonamides is 1. The van der Waals surface area contributed by atoms with Gasteiger partial charge in [-0.1, -0.05) is 35.3 Å². The average molecular weight is 400 g/mol. The zero-order valence-electron chi connectivity index (χ0n) is 11.8. The van der Waals surface area contributed by atoms with E-state index in [0.717, 1.165) is 12.1 Å². The van der Waals surface area contributed by atoms with Crippen molar-refractivity contribution in [2.24, 2.45) is 0 Å². The number of ether oxygens (including phenoxy) is 1. The lowest BCUT2D eigenvalue weighted by Gasteiger charge is -2.14. The first-order valence-corrected chi connectivity index (χ1v) is 8.60. The highest BCUT2D eigenvalue weighted by Gasteiger charge is 2.33. The molecule has 2 aromatic rings. The van der Waals surface area contributed by atoms with E-state index in [1.807, 2.05) is 0 Å². The molecule has 1 N–H and O–H groups in total. The van der Waals surface area contributed by atoms with Gasteiger partial charge in [0.15, 0.2) is 0 Å². The van der Waals surface area contributed by atoms with Gasteiger partial charge in [-0.25, -0.2) is 13.1 Å². The van der Waals surface area contributed by atoms with Crippen molar-refractivity contribution in [3.63, 3.8) is 0 Å². The summed E-state index contributed by atoms with van der Waals surface area (Å²) in [4.78, 5) is -0.629. The van der Waals surface area contributed by atoms with Crippen molar-refractivity contribution >= 4 is 33.2 Å². The van der Waals surface area contributed by atoms with Crippen LogP contribution in [-0.2, 0) is 16.6 Å². The molecule has 0 amide bonds. The number of hydrogen-bond acceptors (Lipinski definition) is 3. The quantitative estimate of drug-likeness (QED) is 0.811. The van der Waals surface area contributed by atoms with Crippen molar-refractivity contribution in [2.45, 2.75) is 17.8 Å². The van der Waals surface area contributed by atoms with Crippen molar-refractivity contribution in [3.8, 4) is 5.75 Å². The molecule has 0 fully saturated rings. The molecule has 0 bridgehead atoms. The van der Waals surface area contributed by atoms with Crippen molar-refractivity contribution in [1.29, 1.82) is 0 Å². The topological polar surface area (TPSA) is 55.4 Å². The molecule has 2 aromatic carbocycles. The van der Waals surface area contributed by atoms with Crippen LogP contribution in [0.2, 0.25) is 10.0 Å². The van der Waals surface area contributed by atoms with Crippen molar-refractivity contribution < 1.29 is 26.3 Å². The standard InChI is InChI=1S/C14H10Cl2F3NO3S/c15-10-5-9(6-11(16)7-10)8-20-24(21,22)13-4-2-1-3-12(13)23-14(17,18)19/h1-7,20H,8H2. The normalized spacial score (nSPS) is 12.2. The van der Waals surface area contributed by atoms with E-state index in [-0.39, 0.29) is 6.54 Å². The van der Waals surface area contributed by atoms with Gasteiger partial charge >= 0.3 is 6.36 Å². The summed E-state index contributed by atoms with van der Waals surface area (Å²) in [6, 6.07) is 8.87. The number of nitrogens with one attached hydrogen (secondary N) is 1. The second-order valence-corrected chi connectivity index (χ2v) is 7.21. The molecular weight excluding hydrogens is 390 g/mol. The Morgan fingerprint density at radius 2 is 1.62 bits per heavy atom. The lowest BCUT2D eigenvalue weighted by atomic mass is 10.2. The molecule has 0 aliphatic carbocycles. The fourth-order valence-electron chi connectivity index (χ4n) is 1.85. The van der Waals surface area contributed by atoms with Crippen LogP contribution in [0.1, 0.15) is 5.56 Å². The molecular formula is C14H10Cl2F3NO3S. The van der Waals surface area contributed by atoms with Crippen LogP contribution in [0.25, 0.3) is 0 Å². The van der Waals surface area contributed by atoms with Gasteiger partial charge in [0.1, 0.15) is 10.6 Å². The van der Waals surface area contributed by atoms with Crippen LogP contribution < -0.4 is 9.46 Å². The van der Waals surface area contributed by atoms with Crippen LogP contribution in [-0.4, -0.2) is 14.8 Å². The van der Waals surface area contributed by atoms with E-state index in [1.54, 1.807) is 0 Å². The van der Waals surface area contributed by atoms with E-state index in [4.69, 9.17) is 23.2 Å². The molecule has 2 rings (SSSR count). The van der Waals surface area contributed by atoms with Gasteiger partial charge in [0.05, 0.1) is 0 Å². The lowest BCUT2D eigenvalue weighted by Crippen LogP contribution is -2.25. The Balaban J connectivity index is 2.24. The van der Waals surface area contributed by atoms with Crippen LogP contribution >= 0.6 is 23.2 Å². The molecule has 0 saturated carbocycles. The summed E-state index contributed by atoms with van der Waals surface area (Å²) in [5.74, 6) is -0.818. The van der Waals surface area contributed by atoms with Gasteiger partial charge in [-0.3, -0.25) is 0 Å². The number of halogens is 5. The summed E-state index contributed by atoms with van der Waals surface area (Å²) < 4.78 is 67.6. The Morgan fingerprint density at radius 3 is 2.21 bits per heavy atom. The minimum atomic E-state index is -5.01. The zero-order valence-corrected chi connectivity index (χ0v) is 14.1. The van der Waals surface area contributed by atoms with E-state index in [0.29, 0.717) is 15.6 Å². The molecule has 10 heteroatoms. The molecule has 0 unspecified atom stereocenters. The Hall–Kier alpha value is -1.48. The fourth-order valence-corrected chi connectivity index (χ4v) is 3.57. The molecule has 0 spiro atoms. The summed E-state index contributed by atoms with van der Waals surface area (Å²) in [6.07, 6.45) is -5.01. The summed E-state index contributed by atoms with van der Waals surface area (Å²) >= 11 is 11.6. The average Bonchev–Trinajstić information content (AvgIpc) is 2.43. The van der Waals surface area contributed by atoms with Gasteiger partial charge in [-0.15, -0.1) is 13.2 Å². The fraction of sp³-hybridized carbons (Fsp3) is 0.143. The van der Waals surface area contributed by atoms with Gasteiger partial charge in [0, 0.05) is 16.6 Å². The summed E-state index contributed by atoms with van der Waals surface area (Å²) in [5, 5.41) is 0.606. The lowest BCUT2D eigenvalue weighted by molar-refractivity contribution is -0.275. The molecule has 24 heavy (non-hydrogen) atoms. The monoisotopic (exact) mass is 399 g/mol. The van der Waals surface area contributed by atoms with Gasteiger partial charge in [-0.2, -0.15) is 0 Å². The molecule has 0 heterocycles. The Bertz CT molecular complexity index is 821. The summed E-state index contributed by atoms with van der Waals surface area (Å²) in [5.41, 5.74) is 0.449. The van der Waals surface area contributed by atoms with Crippen LogP contribution in [0.5, 0.6) is 5.75 Å². The molecule has 0 aliphatic heterocycles. The van der Waals surface area contributed by atoms with E-state index in [2.05, 4.69) is 9.46 Å². The number of benzene rings is 2. The number of hydrogen-bond donors (Lipinski definition) is 1.